The molecule has 1 aromatic rings. The number of amides is 3. The molecule has 29 heavy (non-hydrogen) atoms. The minimum Gasteiger partial charge on any atom is -0.322 e. The van der Waals surface area contributed by atoms with Crippen LogP contribution in [0.4, 0.5) is 14.9 Å². The van der Waals surface area contributed by atoms with Gasteiger partial charge in [0, 0.05) is 31.9 Å². The first-order valence-electron chi connectivity index (χ1n) is 9.50. The van der Waals surface area contributed by atoms with Crippen molar-refractivity contribution < 1.29 is 14.0 Å². The zero-order valence-corrected chi connectivity index (χ0v) is 17.1. The van der Waals surface area contributed by atoms with Crippen LogP contribution < -0.4 is 5.32 Å². The van der Waals surface area contributed by atoms with Gasteiger partial charge < -0.3 is 10.2 Å². The number of thioether (sulfide) groups is 1. The first-order valence-corrected chi connectivity index (χ1v) is 10.3. The molecular weight excluding hydrogens is 393 g/mol. The molecule has 1 saturated heterocycles. The van der Waals surface area contributed by atoms with Gasteiger partial charge in [0.15, 0.2) is 0 Å². The third-order valence-electron chi connectivity index (χ3n) is 5.34. The van der Waals surface area contributed by atoms with Gasteiger partial charge in [0.05, 0.1) is 11.6 Å². The molecule has 1 unspecified atom stereocenters. The van der Waals surface area contributed by atoms with Gasteiger partial charge in [-0.2, -0.15) is 4.99 Å². The molecule has 0 aliphatic carbocycles. The van der Waals surface area contributed by atoms with E-state index < -0.39 is 0 Å². The average molecular weight is 415 g/mol. The fourth-order valence-corrected chi connectivity index (χ4v) is 4.66. The summed E-state index contributed by atoms with van der Waals surface area (Å²) in [6, 6.07) is 5.49. The van der Waals surface area contributed by atoms with Crippen molar-refractivity contribution in [2.45, 2.75) is 13.8 Å². The first-order chi connectivity index (χ1) is 13.9. The molecule has 1 N–H and O–H groups in total. The number of carbonyl (C=O) groups excluding carboxylic acids is 2. The molecule has 3 aliphatic heterocycles. The van der Waals surface area contributed by atoms with Gasteiger partial charge in [0.25, 0.3) is 5.91 Å². The van der Waals surface area contributed by atoms with E-state index in [4.69, 9.17) is 0 Å². The molecular formula is C20H22FN5O2S. The lowest BCUT2D eigenvalue weighted by Gasteiger charge is -2.34. The van der Waals surface area contributed by atoms with Gasteiger partial charge in [-0.05, 0) is 48.6 Å². The fraction of sp³-hybridized carbons (Fsp3) is 0.400. The molecule has 152 valence electrons. The van der Waals surface area contributed by atoms with Gasteiger partial charge in [0.2, 0.25) is 0 Å². The molecule has 0 bridgehead atoms. The van der Waals surface area contributed by atoms with Crippen LogP contribution in [-0.2, 0) is 4.79 Å². The van der Waals surface area contributed by atoms with Crippen LogP contribution in [0.1, 0.15) is 13.8 Å². The molecule has 0 spiro atoms. The number of nitrogens with one attached hydrogen (secondary N) is 1. The Hall–Kier alpha value is -2.52. The van der Waals surface area contributed by atoms with Crippen molar-refractivity contribution in [2.24, 2.45) is 15.9 Å². The Balaban J connectivity index is 1.30. The van der Waals surface area contributed by atoms with Crippen LogP contribution in [0.5, 0.6) is 0 Å². The van der Waals surface area contributed by atoms with E-state index in [-0.39, 0.29) is 23.7 Å². The first kappa shape index (κ1) is 19.8. The standard InChI is InChI=1S/C20H22FN5O2S/c1-12-13(2)29-19-17(12)18(27)23-16(24-19)11-25-7-9-26(10-8-25)20(28)22-15-5-3-14(21)4-6-15/h3-6,17H,7-11H2,1-2H3,(H,22,28). The molecule has 3 aliphatic rings. The number of hydrogen-bond acceptors (Lipinski definition) is 5. The quantitative estimate of drug-likeness (QED) is 0.823. The Morgan fingerprint density at radius 2 is 1.86 bits per heavy atom. The Labute approximate surface area is 172 Å². The van der Waals surface area contributed by atoms with Gasteiger partial charge in [-0.1, -0.05) is 11.8 Å². The summed E-state index contributed by atoms with van der Waals surface area (Å²) in [7, 11) is 0. The molecule has 1 atom stereocenters. The van der Waals surface area contributed by atoms with Gasteiger partial charge in [-0.15, -0.1) is 0 Å². The minimum absolute atomic E-state index is 0.135. The van der Waals surface area contributed by atoms with Gasteiger partial charge in [-0.25, -0.2) is 14.2 Å². The summed E-state index contributed by atoms with van der Waals surface area (Å²) in [6.45, 7) is 6.91. The summed E-state index contributed by atoms with van der Waals surface area (Å²) in [5, 5.41) is 3.60. The van der Waals surface area contributed by atoms with E-state index in [1.807, 2.05) is 13.8 Å². The van der Waals surface area contributed by atoms with E-state index >= 15 is 0 Å². The highest BCUT2D eigenvalue weighted by Gasteiger charge is 2.37. The summed E-state index contributed by atoms with van der Waals surface area (Å²) >= 11 is 1.56. The molecule has 4 rings (SSSR count). The second-order valence-electron chi connectivity index (χ2n) is 7.29. The number of allylic oxidation sites excluding steroid dienone is 1. The number of fused-ring (bicyclic) bond motifs is 1. The SMILES string of the molecule is CC1=C(C)C2C(=O)N=C(CN3CCN(C(=O)Nc4ccc(F)cc4)CC3)N=C2S1. The van der Waals surface area contributed by atoms with E-state index in [0.717, 1.165) is 15.5 Å². The number of carbonyl (C=O) groups is 2. The monoisotopic (exact) mass is 415 g/mol. The van der Waals surface area contributed by atoms with E-state index in [1.165, 1.54) is 24.3 Å². The Bertz CT molecular complexity index is 933. The van der Waals surface area contributed by atoms with E-state index in [9.17, 15) is 14.0 Å². The normalized spacial score (nSPS) is 22.4. The molecule has 3 heterocycles. The molecule has 3 amide bonds. The molecule has 0 radical (unpaired) electrons. The van der Waals surface area contributed by atoms with Crippen molar-refractivity contribution in [2.75, 3.05) is 38.0 Å². The van der Waals surface area contributed by atoms with Crippen LogP contribution >= 0.6 is 11.8 Å². The average Bonchev–Trinajstić information content (AvgIpc) is 2.98. The summed E-state index contributed by atoms with van der Waals surface area (Å²) in [4.78, 5) is 38.6. The number of rotatable bonds is 3. The zero-order valence-electron chi connectivity index (χ0n) is 16.3. The van der Waals surface area contributed by atoms with Crippen LogP contribution in [0.2, 0.25) is 0 Å². The van der Waals surface area contributed by atoms with E-state index in [1.54, 1.807) is 16.7 Å². The number of piperazine rings is 1. The highest BCUT2D eigenvalue weighted by molar-refractivity contribution is 8.17. The lowest BCUT2D eigenvalue weighted by molar-refractivity contribution is -0.118. The molecule has 0 aromatic heterocycles. The van der Waals surface area contributed by atoms with Crippen LogP contribution in [0, 0.1) is 11.7 Å². The molecule has 1 aromatic carbocycles. The predicted molar refractivity (Wildman–Crippen MR) is 113 cm³/mol. The fourth-order valence-electron chi connectivity index (χ4n) is 3.52. The van der Waals surface area contributed by atoms with E-state index in [0.29, 0.717) is 44.2 Å². The Morgan fingerprint density at radius 3 is 2.55 bits per heavy atom. The number of amidine groups is 1. The largest absolute Gasteiger partial charge is 0.322 e. The topological polar surface area (TPSA) is 77.4 Å². The Kier molecular flexibility index (Phi) is 5.51. The van der Waals surface area contributed by atoms with Crippen molar-refractivity contribution >= 4 is 40.3 Å². The summed E-state index contributed by atoms with van der Waals surface area (Å²) < 4.78 is 13.0. The lowest BCUT2D eigenvalue weighted by Crippen LogP contribution is -2.51. The number of urea groups is 1. The predicted octanol–water partition coefficient (Wildman–Crippen LogP) is 2.97. The molecule has 1 fully saturated rings. The highest BCUT2D eigenvalue weighted by Crippen LogP contribution is 2.39. The third-order valence-corrected chi connectivity index (χ3v) is 6.50. The van der Waals surface area contributed by atoms with Crippen LogP contribution in [-0.4, -0.2) is 65.3 Å². The zero-order chi connectivity index (χ0) is 20.5. The van der Waals surface area contributed by atoms with Crippen molar-refractivity contribution in [3.63, 3.8) is 0 Å². The van der Waals surface area contributed by atoms with Gasteiger partial charge >= 0.3 is 6.03 Å². The maximum atomic E-state index is 13.0. The smallest absolute Gasteiger partial charge is 0.321 e. The number of aliphatic imine (C=N–C) groups is 2. The highest BCUT2D eigenvalue weighted by atomic mass is 32.2. The second kappa shape index (κ2) is 8.08. The molecule has 7 nitrogen and oxygen atoms in total. The lowest BCUT2D eigenvalue weighted by atomic mass is 10.0. The minimum atomic E-state index is -0.340. The van der Waals surface area contributed by atoms with Gasteiger partial charge in [-0.3, -0.25) is 9.69 Å². The number of anilines is 1. The Morgan fingerprint density at radius 1 is 1.17 bits per heavy atom. The number of benzene rings is 1. The van der Waals surface area contributed by atoms with Crippen molar-refractivity contribution in [3.8, 4) is 0 Å². The number of nitrogens with zero attached hydrogens (tertiary/aromatic N) is 4. The van der Waals surface area contributed by atoms with Crippen molar-refractivity contribution in [1.29, 1.82) is 0 Å². The summed E-state index contributed by atoms with van der Waals surface area (Å²) in [5.41, 5.74) is 1.61. The van der Waals surface area contributed by atoms with Crippen molar-refractivity contribution in [3.05, 3.63) is 40.6 Å². The summed E-state index contributed by atoms with van der Waals surface area (Å²) in [6.07, 6.45) is 0. The number of hydrogen-bond donors (Lipinski definition) is 1. The number of halogens is 1. The third kappa shape index (κ3) is 4.25. The maximum absolute atomic E-state index is 13.0. The summed E-state index contributed by atoms with van der Waals surface area (Å²) in [5.74, 6) is -0.229. The van der Waals surface area contributed by atoms with Gasteiger partial charge in [0.1, 0.15) is 17.6 Å². The second-order valence-corrected chi connectivity index (χ2v) is 8.53. The van der Waals surface area contributed by atoms with Crippen LogP contribution in [0.25, 0.3) is 0 Å². The van der Waals surface area contributed by atoms with Crippen molar-refractivity contribution in [1.82, 2.24) is 9.80 Å². The molecule has 0 saturated carbocycles. The maximum Gasteiger partial charge on any atom is 0.321 e. The van der Waals surface area contributed by atoms with E-state index in [2.05, 4.69) is 20.2 Å². The van der Waals surface area contributed by atoms with Crippen LogP contribution in [0.3, 0.4) is 0 Å². The van der Waals surface area contributed by atoms with Crippen LogP contribution in [0.15, 0.2) is 44.7 Å². The molecule has 9 heteroatoms.